The number of aliphatic hydroxyl groups is 2. The molecular weight excluding hydrogens is 240 g/mol. The average molecular weight is 262 g/mol. The quantitative estimate of drug-likeness (QED) is 0.634. The maximum absolute atomic E-state index is 11.4. The summed E-state index contributed by atoms with van der Waals surface area (Å²) < 4.78 is 4.88. The van der Waals surface area contributed by atoms with E-state index < -0.39 is 5.97 Å². The Labute approximate surface area is 107 Å². The summed E-state index contributed by atoms with van der Waals surface area (Å²) in [5.41, 5.74) is 0. The van der Waals surface area contributed by atoms with E-state index in [-0.39, 0.29) is 31.0 Å². The second-order valence-corrected chi connectivity index (χ2v) is 4.10. The lowest BCUT2D eigenvalue weighted by atomic mass is 9.81. The average Bonchev–Trinajstić information content (AvgIpc) is 2.39. The fourth-order valence-corrected chi connectivity index (χ4v) is 1.89. The Morgan fingerprint density at radius 3 is 2.17 bits per heavy atom. The number of rotatable bonds is 4. The standard InChI is InChI=1S/C10H16O4.C2H6O2/c1-2-14-10(13)8-5-3-4-7(6-8)9(11)12;3-1-2-4/h7-8H,2-6H2,1H3,(H,11,12);3-4H,1-2H2. The van der Waals surface area contributed by atoms with E-state index in [1.807, 2.05) is 0 Å². The van der Waals surface area contributed by atoms with Crippen LogP contribution in [0.15, 0.2) is 0 Å². The number of hydrogen-bond acceptors (Lipinski definition) is 5. The maximum atomic E-state index is 11.4. The molecule has 2 atom stereocenters. The topological polar surface area (TPSA) is 104 Å². The zero-order chi connectivity index (χ0) is 14.0. The Hall–Kier alpha value is -1.14. The molecule has 6 heteroatoms. The molecule has 0 aromatic rings. The zero-order valence-corrected chi connectivity index (χ0v) is 10.7. The number of hydrogen-bond donors (Lipinski definition) is 3. The Morgan fingerprint density at radius 1 is 1.17 bits per heavy atom. The molecular formula is C12H22O6. The third-order valence-electron chi connectivity index (χ3n) is 2.74. The number of carbonyl (C=O) groups excluding carboxylic acids is 1. The van der Waals surface area contributed by atoms with Crippen molar-refractivity contribution >= 4 is 11.9 Å². The molecule has 1 aliphatic carbocycles. The molecule has 0 amide bonds. The van der Waals surface area contributed by atoms with Crippen molar-refractivity contribution in [1.29, 1.82) is 0 Å². The first-order chi connectivity index (χ1) is 8.56. The molecule has 6 nitrogen and oxygen atoms in total. The van der Waals surface area contributed by atoms with Gasteiger partial charge in [-0.3, -0.25) is 9.59 Å². The molecule has 1 rings (SSSR count). The van der Waals surface area contributed by atoms with Gasteiger partial charge in [-0.2, -0.15) is 0 Å². The third kappa shape index (κ3) is 6.56. The van der Waals surface area contributed by atoms with E-state index >= 15 is 0 Å². The van der Waals surface area contributed by atoms with E-state index in [1.165, 1.54) is 0 Å². The van der Waals surface area contributed by atoms with Crippen LogP contribution in [0.4, 0.5) is 0 Å². The second-order valence-electron chi connectivity index (χ2n) is 4.10. The van der Waals surface area contributed by atoms with E-state index in [2.05, 4.69) is 0 Å². The molecule has 0 spiro atoms. The smallest absolute Gasteiger partial charge is 0.308 e. The highest BCUT2D eigenvalue weighted by Crippen LogP contribution is 2.29. The number of aliphatic hydroxyl groups excluding tert-OH is 2. The number of esters is 1. The van der Waals surface area contributed by atoms with Crippen molar-refractivity contribution in [1.82, 2.24) is 0 Å². The fourth-order valence-electron chi connectivity index (χ4n) is 1.89. The minimum Gasteiger partial charge on any atom is -0.481 e. The maximum Gasteiger partial charge on any atom is 0.308 e. The third-order valence-corrected chi connectivity index (χ3v) is 2.74. The number of carboxylic acid groups (broad SMARTS) is 1. The zero-order valence-electron chi connectivity index (χ0n) is 10.7. The van der Waals surface area contributed by atoms with E-state index in [9.17, 15) is 9.59 Å². The highest BCUT2D eigenvalue weighted by Gasteiger charge is 2.31. The minimum absolute atomic E-state index is 0.125. The largest absolute Gasteiger partial charge is 0.481 e. The number of aliphatic carboxylic acids is 1. The molecule has 2 unspecified atom stereocenters. The lowest BCUT2D eigenvalue weighted by Gasteiger charge is -2.24. The lowest BCUT2D eigenvalue weighted by Crippen LogP contribution is -2.28. The molecule has 0 aromatic heterocycles. The van der Waals surface area contributed by atoms with Crippen molar-refractivity contribution in [2.45, 2.75) is 32.6 Å². The van der Waals surface area contributed by atoms with Crippen molar-refractivity contribution in [2.24, 2.45) is 11.8 Å². The van der Waals surface area contributed by atoms with Gasteiger partial charge in [0.1, 0.15) is 0 Å². The van der Waals surface area contributed by atoms with Crippen LogP contribution in [-0.2, 0) is 14.3 Å². The Bertz CT molecular complexity index is 251. The monoisotopic (exact) mass is 262 g/mol. The van der Waals surface area contributed by atoms with Gasteiger partial charge in [0.05, 0.1) is 31.7 Å². The van der Waals surface area contributed by atoms with Gasteiger partial charge in [-0.1, -0.05) is 6.42 Å². The highest BCUT2D eigenvalue weighted by molar-refractivity contribution is 5.75. The molecule has 0 aliphatic heterocycles. The molecule has 0 heterocycles. The van der Waals surface area contributed by atoms with Crippen molar-refractivity contribution in [3.05, 3.63) is 0 Å². The summed E-state index contributed by atoms with van der Waals surface area (Å²) in [4.78, 5) is 22.1. The van der Waals surface area contributed by atoms with Crippen molar-refractivity contribution in [2.75, 3.05) is 19.8 Å². The SMILES string of the molecule is CCOC(=O)C1CCCC(C(=O)O)C1.OCCO. The minimum atomic E-state index is -0.793. The molecule has 106 valence electrons. The van der Waals surface area contributed by atoms with Gasteiger partial charge >= 0.3 is 11.9 Å². The Morgan fingerprint density at radius 2 is 1.72 bits per heavy atom. The summed E-state index contributed by atoms with van der Waals surface area (Å²) in [6.45, 7) is 1.88. The van der Waals surface area contributed by atoms with E-state index in [0.29, 0.717) is 19.4 Å². The van der Waals surface area contributed by atoms with Gasteiger partial charge in [-0.15, -0.1) is 0 Å². The summed E-state index contributed by atoms with van der Waals surface area (Å²) in [6, 6.07) is 0. The van der Waals surface area contributed by atoms with Crippen LogP contribution in [0.1, 0.15) is 32.6 Å². The van der Waals surface area contributed by atoms with E-state index in [1.54, 1.807) is 6.92 Å². The van der Waals surface area contributed by atoms with Crippen LogP contribution >= 0.6 is 0 Å². The summed E-state index contributed by atoms with van der Waals surface area (Å²) in [5, 5.41) is 24.1. The molecule has 0 bridgehead atoms. The lowest BCUT2D eigenvalue weighted by molar-refractivity contribution is -0.152. The van der Waals surface area contributed by atoms with Crippen molar-refractivity contribution < 1.29 is 29.6 Å². The van der Waals surface area contributed by atoms with Crippen LogP contribution < -0.4 is 0 Å². The highest BCUT2D eigenvalue weighted by atomic mass is 16.5. The van der Waals surface area contributed by atoms with Gasteiger partial charge in [0.15, 0.2) is 0 Å². The van der Waals surface area contributed by atoms with Gasteiger partial charge < -0.3 is 20.1 Å². The van der Waals surface area contributed by atoms with Gasteiger partial charge in [-0.05, 0) is 26.2 Å². The van der Waals surface area contributed by atoms with E-state index in [0.717, 1.165) is 12.8 Å². The second kappa shape index (κ2) is 9.85. The van der Waals surface area contributed by atoms with E-state index in [4.69, 9.17) is 20.1 Å². The van der Waals surface area contributed by atoms with Gasteiger partial charge in [0, 0.05) is 0 Å². The predicted octanol–water partition coefficient (Wildman–Crippen LogP) is 0.412. The molecule has 3 N–H and O–H groups in total. The van der Waals surface area contributed by atoms with Crippen molar-refractivity contribution in [3.8, 4) is 0 Å². The first kappa shape index (κ1) is 16.9. The summed E-state index contributed by atoms with van der Waals surface area (Å²) >= 11 is 0. The molecule has 18 heavy (non-hydrogen) atoms. The first-order valence-electron chi connectivity index (χ1n) is 6.17. The molecule has 1 fully saturated rings. The first-order valence-corrected chi connectivity index (χ1v) is 6.17. The predicted molar refractivity (Wildman–Crippen MR) is 63.9 cm³/mol. The Balaban J connectivity index is 0.000000631. The van der Waals surface area contributed by atoms with Gasteiger partial charge in [-0.25, -0.2) is 0 Å². The van der Waals surface area contributed by atoms with Crippen LogP contribution in [0.3, 0.4) is 0 Å². The number of carbonyl (C=O) groups is 2. The molecule has 1 aliphatic rings. The van der Waals surface area contributed by atoms with Crippen LogP contribution in [0.5, 0.6) is 0 Å². The number of carboxylic acids is 1. The van der Waals surface area contributed by atoms with Gasteiger partial charge in [0.2, 0.25) is 0 Å². The molecule has 0 radical (unpaired) electrons. The number of ether oxygens (including phenoxy) is 1. The van der Waals surface area contributed by atoms with Crippen LogP contribution in [0.25, 0.3) is 0 Å². The fraction of sp³-hybridized carbons (Fsp3) is 0.833. The van der Waals surface area contributed by atoms with Crippen molar-refractivity contribution in [3.63, 3.8) is 0 Å². The Kier molecular flexibility index (Phi) is 9.22. The molecule has 0 aromatic carbocycles. The normalized spacial score (nSPS) is 22.6. The summed E-state index contributed by atoms with van der Waals surface area (Å²) in [7, 11) is 0. The van der Waals surface area contributed by atoms with Crippen LogP contribution in [0.2, 0.25) is 0 Å². The summed E-state index contributed by atoms with van der Waals surface area (Å²) in [5.74, 6) is -1.60. The van der Waals surface area contributed by atoms with Crippen LogP contribution in [0, 0.1) is 11.8 Å². The molecule has 1 saturated carbocycles. The summed E-state index contributed by atoms with van der Waals surface area (Å²) in [6.07, 6.45) is 2.70. The van der Waals surface area contributed by atoms with Gasteiger partial charge in [0.25, 0.3) is 0 Å². The van der Waals surface area contributed by atoms with Crippen LogP contribution in [-0.4, -0.2) is 47.1 Å². The molecule has 0 saturated heterocycles.